The lowest BCUT2D eigenvalue weighted by molar-refractivity contribution is 0.102. The van der Waals surface area contributed by atoms with Crippen LogP contribution in [-0.4, -0.2) is 48.8 Å². The summed E-state index contributed by atoms with van der Waals surface area (Å²) in [7, 11) is 3.13. The molecule has 0 saturated heterocycles. The van der Waals surface area contributed by atoms with Crippen LogP contribution in [0.3, 0.4) is 0 Å². The van der Waals surface area contributed by atoms with Crippen molar-refractivity contribution >= 4 is 33.0 Å². The summed E-state index contributed by atoms with van der Waals surface area (Å²) in [5.41, 5.74) is 4.75. The molecule has 0 aliphatic rings. The van der Waals surface area contributed by atoms with Crippen molar-refractivity contribution < 1.29 is 17.9 Å². The molecule has 0 heterocycles. The maximum atomic E-state index is 13.4. The summed E-state index contributed by atoms with van der Waals surface area (Å²) in [6, 6.07) is 18.5. The number of hydrogen-bond donors (Lipinski definition) is 1. The van der Waals surface area contributed by atoms with Gasteiger partial charge in [0, 0.05) is 21.1 Å². The highest BCUT2D eigenvalue weighted by Crippen LogP contribution is 2.35. The van der Waals surface area contributed by atoms with Crippen molar-refractivity contribution in [3.8, 4) is 16.9 Å². The number of carbonyl (C=O) groups is 1. The van der Waals surface area contributed by atoms with E-state index in [4.69, 9.17) is 4.74 Å². The van der Waals surface area contributed by atoms with Crippen molar-refractivity contribution in [1.82, 2.24) is 0 Å². The molecular formula is C25H29N3O4S. The van der Waals surface area contributed by atoms with Crippen LogP contribution in [0.2, 0.25) is 0 Å². The van der Waals surface area contributed by atoms with Gasteiger partial charge >= 0.3 is 0 Å². The number of benzene rings is 3. The molecule has 0 unspecified atom stereocenters. The number of hydrogen-bond acceptors (Lipinski definition) is 5. The third-order valence-corrected chi connectivity index (χ3v) is 6.57. The number of anilines is 3. The van der Waals surface area contributed by atoms with Crippen LogP contribution in [0.4, 0.5) is 17.1 Å². The lowest BCUT2D eigenvalue weighted by Crippen LogP contribution is -2.27. The summed E-state index contributed by atoms with van der Waals surface area (Å²) in [5.74, 6) is 0.191. The first-order valence-corrected chi connectivity index (χ1v) is 12.2. The van der Waals surface area contributed by atoms with Gasteiger partial charge in [0.25, 0.3) is 5.91 Å². The molecule has 3 rings (SSSR count). The van der Waals surface area contributed by atoms with Crippen molar-refractivity contribution in [2.24, 2.45) is 0 Å². The number of nitrogens with zero attached hydrogens (tertiary/aromatic N) is 2. The first-order chi connectivity index (χ1) is 15.5. The number of ether oxygens (including phenoxy) is 1. The predicted octanol–water partition coefficient (Wildman–Crippen LogP) is 4.38. The number of rotatable bonds is 7. The minimum Gasteiger partial charge on any atom is -0.495 e. The zero-order valence-corrected chi connectivity index (χ0v) is 20.5. The van der Waals surface area contributed by atoms with Gasteiger partial charge in [-0.05, 0) is 42.3 Å². The SMILES string of the molecule is COc1cccc(C(=O)Nc2cc(-c3ccc(C)cc3)ccc2N(C)S(C)(=O)=O)c1N(C)C. The molecule has 174 valence electrons. The van der Waals surface area contributed by atoms with Gasteiger partial charge in [-0.2, -0.15) is 0 Å². The second-order valence-corrected chi connectivity index (χ2v) is 10.0. The van der Waals surface area contributed by atoms with E-state index in [0.29, 0.717) is 28.4 Å². The van der Waals surface area contributed by atoms with E-state index in [1.807, 2.05) is 51.4 Å². The summed E-state index contributed by atoms with van der Waals surface area (Å²) in [4.78, 5) is 15.2. The van der Waals surface area contributed by atoms with Crippen molar-refractivity contribution in [2.75, 3.05) is 49.0 Å². The Morgan fingerprint density at radius 3 is 2.15 bits per heavy atom. The third kappa shape index (κ3) is 5.28. The van der Waals surface area contributed by atoms with E-state index in [1.165, 1.54) is 7.05 Å². The van der Waals surface area contributed by atoms with E-state index in [2.05, 4.69) is 5.32 Å². The molecule has 0 aliphatic heterocycles. The largest absolute Gasteiger partial charge is 0.495 e. The Kier molecular flexibility index (Phi) is 6.98. The smallest absolute Gasteiger partial charge is 0.257 e. The first-order valence-electron chi connectivity index (χ1n) is 10.3. The molecule has 0 aliphatic carbocycles. The van der Waals surface area contributed by atoms with E-state index in [1.54, 1.807) is 42.3 Å². The molecule has 0 bridgehead atoms. The predicted molar refractivity (Wildman–Crippen MR) is 135 cm³/mol. The van der Waals surface area contributed by atoms with Gasteiger partial charge in [-0.3, -0.25) is 9.10 Å². The van der Waals surface area contributed by atoms with Gasteiger partial charge in [0.2, 0.25) is 10.0 Å². The fourth-order valence-electron chi connectivity index (χ4n) is 3.54. The number of aryl methyl sites for hydroxylation is 1. The Morgan fingerprint density at radius 2 is 1.58 bits per heavy atom. The van der Waals surface area contributed by atoms with Crippen LogP contribution >= 0.6 is 0 Å². The standard InChI is InChI=1S/C25H29N3O4S/c1-17-10-12-18(13-11-17)19-14-15-22(28(4)33(6,30)31)21(16-19)26-25(29)20-8-7-9-23(32-5)24(20)27(2)3/h7-16H,1-6H3,(H,26,29). The van der Waals surface area contributed by atoms with Gasteiger partial charge in [0.05, 0.1) is 36.0 Å². The van der Waals surface area contributed by atoms with Crippen LogP contribution in [-0.2, 0) is 10.0 Å². The molecule has 1 N–H and O–H groups in total. The second kappa shape index (κ2) is 9.54. The van der Waals surface area contributed by atoms with Crippen LogP contribution in [0.15, 0.2) is 60.7 Å². The molecule has 3 aromatic carbocycles. The van der Waals surface area contributed by atoms with Crippen LogP contribution < -0.4 is 19.3 Å². The molecule has 3 aromatic rings. The Labute approximate surface area is 195 Å². The van der Waals surface area contributed by atoms with Gasteiger partial charge in [0.15, 0.2) is 0 Å². The Hall–Kier alpha value is -3.52. The van der Waals surface area contributed by atoms with Crippen LogP contribution in [0.5, 0.6) is 5.75 Å². The normalized spacial score (nSPS) is 11.1. The molecule has 0 radical (unpaired) electrons. The van der Waals surface area contributed by atoms with Crippen molar-refractivity contribution in [2.45, 2.75) is 6.92 Å². The first kappa shape index (κ1) is 24.1. The Morgan fingerprint density at radius 1 is 0.939 bits per heavy atom. The lowest BCUT2D eigenvalue weighted by Gasteiger charge is -2.23. The van der Waals surface area contributed by atoms with E-state index >= 15 is 0 Å². The minimum atomic E-state index is -3.54. The van der Waals surface area contributed by atoms with E-state index < -0.39 is 10.0 Å². The number of nitrogens with one attached hydrogen (secondary N) is 1. The topological polar surface area (TPSA) is 79.0 Å². The molecule has 1 amide bonds. The van der Waals surface area contributed by atoms with E-state index in [0.717, 1.165) is 27.3 Å². The second-order valence-electron chi connectivity index (χ2n) is 8.03. The summed E-state index contributed by atoms with van der Waals surface area (Å²) in [6.45, 7) is 2.01. The van der Waals surface area contributed by atoms with Gasteiger partial charge < -0.3 is 15.0 Å². The molecule has 7 nitrogen and oxygen atoms in total. The minimum absolute atomic E-state index is 0.371. The number of carbonyl (C=O) groups excluding carboxylic acids is 1. The average molecular weight is 468 g/mol. The van der Waals surface area contributed by atoms with E-state index in [9.17, 15) is 13.2 Å². The highest BCUT2D eigenvalue weighted by atomic mass is 32.2. The van der Waals surface area contributed by atoms with Crippen molar-refractivity contribution in [3.63, 3.8) is 0 Å². The van der Waals surface area contributed by atoms with Crippen LogP contribution in [0.1, 0.15) is 15.9 Å². The number of sulfonamides is 1. The molecule has 0 atom stereocenters. The molecule has 33 heavy (non-hydrogen) atoms. The molecule has 0 aromatic heterocycles. The van der Waals surface area contributed by atoms with E-state index in [-0.39, 0.29) is 5.91 Å². The number of methoxy groups -OCH3 is 1. The van der Waals surface area contributed by atoms with Gasteiger partial charge in [0.1, 0.15) is 5.75 Å². The summed E-state index contributed by atoms with van der Waals surface area (Å²) in [5, 5.41) is 2.92. The number of para-hydroxylation sites is 1. The zero-order chi connectivity index (χ0) is 24.3. The highest BCUT2D eigenvalue weighted by Gasteiger charge is 2.21. The summed E-state index contributed by atoms with van der Waals surface area (Å²) >= 11 is 0. The fraction of sp³-hybridized carbons (Fsp3) is 0.240. The fourth-order valence-corrected chi connectivity index (χ4v) is 4.05. The molecule has 0 fully saturated rings. The van der Waals surface area contributed by atoms with Gasteiger partial charge in [-0.1, -0.05) is 42.0 Å². The Bertz CT molecular complexity index is 1270. The maximum Gasteiger partial charge on any atom is 0.257 e. The molecular weight excluding hydrogens is 438 g/mol. The number of amides is 1. The summed E-state index contributed by atoms with van der Waals surface area (Å²) < 4.78 is 31.1. The molecule has 0 spiro atoms. The molecule has 8 heteroatoms. The van der Waals surface area contributed by atoms with Crippen LogP contribution in [0.25, 0.3) is 11.1 Å². The van der Waals surface area contributed by atoms with Crippen molar-refractivity contribution in [3.05, 3.63) is 71.8 Å². The van der Waals surface area contributed by atoms with Crippen molar-refractivity contribution in [1.29, 1.82) is 0 Å². The maximum absolute atomic E-state index is 13.4. The van der Waals surface area contributed by atoms with Gasteiger partial charge in [-0.25, -0.2) is 8.42 Å². The quantitative estimate of drug-likeness (QED) is 0.558. The third-order valence-electron chi connectivity index (χ3n) is 5.38. The molecule has 0 saturated carbocycles. The average Bonchev–Trinajstić information content (AvgIpc) is 2.77. The lowest BCUT2D eigenvalue weighted by atomic mass is 10.0. The van der Waals surface area contributed by atoms with Gasteiger partial charge in [-0.15, -0.1) is 0 Å². The summed E-state index contributed by atoms with van der Waals surface area (Å²) in [6.07, 6.45) is 1.12. The Balaban J connectivity index is 2.11. The van der Waals surface area contributed by atoms with Crippen LogP contribution in [0, 0.1) is 6.92 Å². The zero-order valence-electron chi connectivity index (χ0n) is 19.7. The highest BCUT2D eigenvalue weighted by molar-refractivity contribution is 7.92. The monoisotopic (exact) mass is 467 g/mol.